The first-order valence-electron chi connectivity index (χ1n) is 10.9. The fourth-order valence-electron chi connectivity index (χ4n) is 4.87. The Kier molecular flexibility index (Phi) is 9.99. The van der Waals surface area contributed by atoms with Crippen molar-refractivity contribution in [2.45, 2.75) is 122 Å². The largest absolute Gasteiger partial charge is 0.300 e. The summed E-state index contributed by atoms with van der Waals surface area (Å²) in [7, 11) is 0. The summed E-state index contributed by atoms with van der Waals surface area (Å²) in [5.74, 6) is 2.42. The average Bonchev–Trinajstić information content (AvgIpc) is 2.64. The maximum Gasteiger partial charge on any atom is 0.132 e. The molecule has 2 aliphatic rings. The minimum absolute atomic E-state index is 0.535. The van der Waals surface area contributed by atoms with Gasteiger partial charge in [0.05, 0.1) is 0 Å². The summed E-state index contributed by atoms with van der Waals surface area (Å²) < 4.78 is 0. The lowest BCUT2D eigenvalue weighted by Crippen LogP contribution is -2.16. The van der Waals surface area contributed by atoms with Crippen LogP contribution in [0.25, 0.3) is 0 Å². The molecule has 0 saturated heterocycles. The third-order valence-corrected chi connectivity index (χ3v) is 6.38. The third-order valence-electron chi connectivity index (χ3n) is 6.38. The van der Waals surface area contributed by atoms with Gasteiger partial charge in [-0.05, 0) is 31.1 Å². The van der Waals surface area contributed by atoms with Crippen molar-refractivity contribution in [2.75, 3.05) is 0 Å². The Bertz CT molecular complexity index is 297. The molecule has 23 heavy (non-hydrogen) atoms. The fourth-order valence-corrected chi connectivity index (χ4v) is 4.87. The highest BCUT2D eigenvalue weighted by atomic mass is 16.1. The van der Waals surface area contributed by atoms with Crippen LogP contribution in [0, 0.1) is 11.8 Å². The molecule has 2 rings (SSSR count). The van der Waals surface area contributed by atoms with E-state index in [-0.39, 0.29) is 0 Å². The van der Waals surface area contributed by atoms with E-state index in [0.29, 0.717) is 5.78 Å². The molecule has 1 atom stereocenters. The molecule has 0 N–H and O–H groups in total. The van der Waals surface area contributed by atoms with Crippen LogP contribution in [0.2, 0.25) is 0 Å². The van der Waals surface area contributed by atoms with Crippen LogP contribution in [0.4, 0.5) is 0 Å². The van der Waals surface area contributed by atoms with Crippen LogP contribution >= 0.6 is 0 Å². The van der Waals surface area contributed by atoms with E-state index in [0.717, 1.165) is 31.1 Å². The summed E-state index contributed by atoms with van der Waals surface area (Å²) in [6.07, 6.45) is 25.5. The Balaban J connectivity index is 1.87. The molecule has 0 aliphatic heterocycles. The summed E-state index contributed by atoms with van der Waals surface area (Å²) in [6, 6.07) is 0. The summed E-state index contributed by atoms with van der Waals surface area (Å²) in [4.78, 5) is 11.9. The number of rotatable bonds is 1. The summed E-state index contributed by atoms with van der Waals surface area (Å²) in [6.45, 7) is 0. The van der Waals surface area contributed by atoms with Crippen molar-refractivity contribution in [2.24, 2.45) is 11.8 Å². The van der Waals surface area contributed by atoms with E-state index in [1.54, 1.807) is 0 Å². The number of hydrogen-bond acceptors (Lipinski definition) is 1. The standard InChI is InChI=1S/C22H40O/c23-22-18-12-8-7-11-16-21(17-13-19-22)20-14-9-5-3-1-2-4-6-10-15-20/h20-21H,1-19H2. The van der Waals surface area contributed by atoms with Gasteiger partial charge in [-0.25, -0.2) is 0 Å². The second kappa shape index (κ2) is 12.1. The highest BCUT2D eigenvalue weighted by Gasteiger charge is 2.21. The molecule has 0 spiro atoms. The number of ketones is 1. The second-order valence-electron chi connectivity index (χ2n) is 8.31. The number of carbonyl (C=O) groups excluding carboxylic acids is 1. The molecule has 0 aromatic carbocycles. The SMILES string of the molecule is O=C1CCCCCCC(C2CCCCCCCCCC2)CCC1. The monoisotopic (exact) mass is 320 g/mol. The lowest BCUT2D eigenvalue weighted by molar-refractivity contribution is -0.119. The van der Waals surface area contributed by atoms with Gasteiger partial charge in [-0.15, -0.1) is 0 Å². The van der Waals surface area contributed by atoms with Crippen molar-refractivity contribution >= 4 is 5.78 Å². The van der Waals surface area contributed by atoms with E-state index in [2.05, 4.69) is 0 Å². The van der Waals surface area contributed by atoms with Crippen molar-refractivity contribution in [3.63, 3.8) is 0 Å². The smallest absolute Gasteiger partial charge is 0.132 e. The Morgan fingerprint density at radius 3 is 1.30 bits per heavy atom. The molecule has 0 amide bonds. The summed E-state index contributed by atoms with van der Waals surface area (Å²) in [5.41, 5.74) is 0. The predicted octanol–water partition coefficient (Wildman–Crippen LogP) is 7.23. The first kappa shape index (κ1) is 19.0. The van der Waals surface area contributed by atoms with Gasteiger partial charge in [0.1, 0.15) is 5.78 Å². The zero-order valence-corrected chi connectivity index (χ0v) is 15.5. The molecule has 134 valence electrons. The Labute approximate surface area is 145 Å². The maximum atomic E-state index is 11.9. The van der Waals surface area contributed by atoms with E-state index in [1.165, 1.54) is 103 Å². The average molecular weight is 321 g/mol. The Hall–Kier alpha value is -0.330. The summed E-state index contributed by atoms with van der Waals surface area (Å²) in [5, 5.41) is 0. The molecule has 1 heteroatoms. The van der Waals surface area contributed by atoms with Crippen molar-refractivity contribution in [3.05, 3.63) is 0 Å². The molecular weight excluding hydrogens is 280 g/mol. The Morgan fingerprint density at radius 2 is 0.783 bits per heavy atom. The van der Waals surface area contributed by atoms with Gasteiger partial charge in [-0.1, -0.05) is 89.9 Å². The fraction of sp³-hybridized carbons (Fsp3) is 0.955. The van der Waals surface area contributed by atoms with E-state index >= 15 is 0 Å². The van der Waals surface area contributed by atoms with Crippen LogP contribution in [0.1, 0.15) is 122 Å². The molecule has 1 unspecified atom stereocenters. The number of Topliss-reactive ketones (excluding diaryl/α,β-unsaturated/α-hetero) is 1. The molecule has 1 nitrogen and oxygen atoms in total. The molecule has 0 aromatic rings. The van der Waals surface area contributed by atoms with Gasteiger partial charge in [0.25, 0.3) is 0 Å². The molecule has 0 heterocycles. The van der Waals surface area contributed by atoms with E-state index in [4.69, 9.17) is 0 Å². The van der Waals surface area contributed by atoms with Crippen molar-refractivity contribution in [3.8, 4) is 0 Å². The highest BCUT2D eigenvalue weighted by Crippen LogP contribution is 2.34. The Morgan fingerprint density at radius 1 is 0.435 bits per heavy atom. The minimum atomic E-state index is 0.535. The van der Waals surface area contributed by atoms with Crippen molar-refractivity contribution in [1.82, 2.24) is 0 Å². The lowest BCUT2D eigenvalue weighted by atomic mass is 9.78. The van der Waals surface area contributed by atoms with Crippen LogP contribution in [-0.4, -0.2) is 5.78 Å². The quantitative estimate of drug-likeness (QED) is 0.498. The van der Waals surface area contributed by atoms with Gasteiger partial charge >= 0.3 is 0 Å². The molecule has 2 saturated carbocycles. The van der Waals surface area contributed by atoms with Crippen LogP contribution < -0.4 is 0 Å². The molecule has 2 aliphatic carbocycles. The number of carbonyl (C=O) groups is 1. The van der Waals surface area contributed by atoms with Crippen molar-refractivity contribution in [1.29, 1.82) is 0 Å². The van der Waals surface area contributed by atoms with E-state index in [1.807, 2.05) is 0 Å². The van der Waals surface area contributed by atoms with Gasteiger partial charge in [0.2, 0.25) is 0 Å². The second-order valence-corrected chi connectivity index (χ2v) is 8.31. The van der Waals surface area contributed by atoms with Crippen molar-refractivity contribution < 1.29 is 4.79 Å². The molecule has 2 fully saturated rings. The topological polar surface area (TPSA) is 17.1 Å². The first-order chi connectivity index (χ1) is 11.4. The van der Waals surface area contributed by atoms with Crippen LogP contribution in [0.15, 0.2) is 0 Å². The van der Waals surface area contributed by atoms with E-state index < -0.39 is 0 Å². The predicted molar refractivity (Wildman–Crippen MR) is 99.7 cm³/mol. The first-order valence-corrected chi connectivity index (χ1v) is 10.9. The third kappa shape index (κ3) is 8.36. The van der Waals surface area contributed by atoms with Crippen LogP contribution in [0.3, 0.4) is 0 Å². The van der Waals surface area contributed by atoms with Gasteiger partial charge in [0, 0.05) is 12.8 Å². The van der Waals surface area contributed by atoms with Gasteiger partial charge in [0.15, 0.2) is 0 Å². The number of hydrogen-bond donors (Lipinski definition) is 0. The van der Waals surface area contributed by atoms with Crippen LogP contribution in [0.5, 0.6) is 0 Å². The lowest BCUT2D eigenvalue weighted by Gasteiger charge is -2.27. The van der Waals surface area contributed by atoms with Crippen LogP contribution in [-0.2, 0) is 4.79 Å². The molecular formula is C22H40O. The zero-order chi connectivity index (χ0) is 16.2. The van der Waals surface area contributed by atoms with Gasteiger partial charge in [-0.3, -0.25) is 4.79 Å². The normalized spacial score (nSPS) is 28.5. The maximum absolute atomic E-state index is 11.9. The highest BCUT2D eigenvalue weighted by molar-refractivity contribution is 5.78. The molecule has 0 bridgehead atoms. The van der Waals surface area contributed by atoms with Gasteiger partial charge < -0.3 is 0 Å². The minimum Gasteiger partial charge on any atom is -0.300 e. The molecule has 0 radical (unpaired) electrons. The summed E-state index contributed by atoms with van der Waals surface area (Å²) >= 11 is 0. The van der Waals surface area contributed by atoms with Gasteiger partial charge in [-0.2, -0.15) is 0 Å². The van der Waals surface area contributed by atoms with E-state index in [9.17, 15) is 4.79 Å². The zero-order valence-electron chi connectivity index (χ0n) is 15.5. The molecule has 0 aromatic heterocycles.